The van der Waals surface area contributed by atoms with Crippen LogP contribution < -0.4 is 5.01 Å². The van der Waals surface area contributed by atoms with E-state index in [0.29, 0.717) is 11.9 Å². The zero-order valence-corrected chi connectivity index (χ0v) is 10.7. The normalized spacial score (nSPS) is 30.3. The predicted octanol–water partition coefficient (Wildman–Crippen LogP) is 1.32. The van der Waals surface area contributed by atoms with Gasteiger partial charge in [-0.2, -0.15) is 0 Å². The fraction of sp³-hybridized carbons (Fsp3) is 0.462. The number of H-pyrrole nitrogens is 1. The van der Waals surface area contributed by atoms with Crippen LogP contribution >= 0.6 is 0 Å². The van der Waals surface area contributed by atoms with Gasteiger partial charge in [0.15, 0.2) is 5.82 Å². The fourth-order valence-corrected chi connectivity index (χ4v) is 3.12. The molecule has 1 amide bonds. The number of aromatic amines is 1. The Morgan fingerprint density at radius 1 is 1.37 bits per heavy atom. The second-order valence-electron chi connectivity index (χ2n) is 5.33. The molecule has 2 fully saturated rings. The largest absolute Gasteiger partial charge is 0.346 e. The molecular weight excluding hydrogens is 242 g/mol. The zero-order valence-electron chi connectivity index (χ0n) is 10.7. The number of hydrogen-bond donors (Lipinski definition) is 1. The summed E-state index contributed by atoms with van der Waals surface area (Å²) in [5.41, 5.74) is 0.771. The van der Waals surface area contributed by atoms with E-state index in [1.807, 2.05) is 12.3 Å². The number of fused-ring (bicyclic) bond motifs is 3. The quantitative estimate of drug-likeness (QED) is 0.836. The molecule has 1 N–H and O–H groups in total. The topological polar surface area (TPSA) is 65.1 Å². The van der Waals surface area contributed by atoms with Gasteiger partial charge in [-0.15, -0.1) is 0 Å². The van der Waals surface area contributed by atoms with Crippen LogP contribution in [0.5, 0.6) is 0 Å². The Balaban J connectivity index is 1.87. The maximum atomic E-state index is 12.5. The summed E-state index contributed by atoms with van der Waals surface area (Å²) in [6.45, 7) is 2.98. The molecule has 98 valence electrons. The minimum atomic E-state index is 0.125. The number of nitrogens with one attached hydrogen (secondary N) is 1. The van der Waals surface area contributed by atoms with E-state index in [2.05, 4.69) is 26.9 Å². The average Bonchev–Trinajstić information content (AvgIpc) is 2.98. The summed E-state index contributed by atoms with van der Waals surface area (Å²) in [5, 5.41) is 4.81. The number of carbonyl (C=O) groups is 1. The van der Waals surface area contributed by atoms with Crippen molar-refractivity contribution in [3.05, 3.63) is 18.6 Å². The molecular formula is C13H15N5O. The van der Waals surface area contributed by atoms with E-state index >= 15 is 0 Å². The smallest absolute Gasteiger partial charge is 0.247 e. The first-order valence-electron chi connectivity index (χ1n) is 6.64. The van der Waals surface area contributed by atoms with Crippen LogP contribution in [0.3, 0.4) is 0 Å². The predicted molar refractivity (Wildman–Crippen MR) is 70.3 cm³/mol. The lowest BCUT2D eigenvalue weighted by atomic mass is 9.97. The maximum Gasteiger partial charge on any atom is 0.247 e. The van der Waals surface area contributed by atoms with Gasteiger partial charge in [0.2, 0.25) is 5.91 Å². The van der Waals surface area contributed by atoms with Gasteiger partial charge in [0.1, 0.15) is 12.0 Å². The third-order valence-electron chi connectivity index (χ3n) is 4.20. The van der Waals surface area contributed by atoms with E-state index in [9.17, 15) is 4.79 Å². The lowest BCUT2D eigenvalue weighted by molar-refractivity contribution is -0.120. The van der Waals surface area contributed by atoms with Crippen molar-refractivity contribution in [3.8, 4) is 0 Å². The number of nitrogens with zero attached hydrogens (tertiary/aromatic N) is 4. The van der Waals surface area contributed by atoms with Crippen LogP contribution in [0.1, 0.15) is 19.8 Å². The molecule has 3 unspecified atom stereocenters. The summed E-state index contributed by atoms with van der Waals surface area (Å²) in [7, 11) is 0. The number of hydrazine groups is 1. The van der Waals surface area contributed by atoms with Crippen molar-refractivity contribution in [1.82, 2.24) is 20.0 Å². The van der Waals surface area contributed by atoms with E-state index in [-0.39, 0.29) is 11.8 Å². The summed E-state index contributed by atoms with van der Waals surface area (Å²) in [6.07, 6.45) is 5.38. The Labute approximate surface area is 110 Å². The Kier molecular flexibility index (Phi) is 2.17. The van der Waals surface area contributed by atoms with Crippen LogP contribution in [0.15, 0.2) is 18.6 Å². The van der Waals surface area contributed by atoms with E-state index in [1.165, 1.54) is 6.33 Å². The Morgan fingerprint density at radius 3 is 3.16 bits per heavy atom. The first-order valence-corrected chi connectivity index (χ1v) is 6.64. The molecule has 2 aliphatic heterocycles. The second-order valence-corrected chi connectivity index (χ2v) is 5.33. The number of aromatic nitrogens is 3. The van der Waals surface area contributed by atoms with E-state index in [4.69, 9.17) is 0 Å². The summed E-state index contributed by atoms with van der Waals surface area (Å²) >= 11 is 0. The molecule has 2 bridgehead atoms. The maximum absolute atomic E-state index is 12.5. The van der Waals surface area contributed by atoms with Crippen molar-refractivity contribution in [2.24, 2.45) is 5.92 Å². The SMILES string of the molecule is CC1CCC2CN1N(c1ncnc3[nH]ccc13)C2=O. The van der Waals surface area contributed by atoms with Crippen molar-refractivity contribution in [1.29, 1.82) is 0 Å². The second kappa shape index (κ2) is 3.77. The highest BCUT2D eigenvalue weighted by Crippen LogP contribution is 2.36. The van der Waals surface area contributed by atoms with Gasteiger partial charge in [0.05, 0.1) is 11.3 Å². The highest BCUT2D eigenvalue weighted by molar-refractivity contribution is 6.02. The molecule has 0 spiro atoms. The molecule has 19 heavy (non-hydrogen) atoms. The van der Waals surface area contributed by atoms with Crippen molar-refractivity contribution in [3.63, 3.8) is 0 Å². The fourth-order valence-electron chi connectivity index (χ4n) is 3.12. The highest BCUT2D eigenvalue weighted by atomic mass is 16.2. The van der Waals surface area contributed by atoms with Gasteiger partial charge in [-0.3, -0.25) is 4.79 Å². The molecule has 6 nitrogen and oxygen atoms in total. The van der Waals surface area contributed by atoms with Crippen LogP contribution in [-0.4, -0.2) is 38.5 Å². The van der Waals surface area contributed by atoms with Gasteiger partial charge in [0, 0.05) is 18.8 Å². The summed E-state index contributed by atoms with van der Waals surface area (Å²) in [6, 6.07) is 2.30. The van der Waals surface area contributed by atoms with Crippen molar-refractivity contribution >= 4 is 22.8 Å². The number of hydrogen-bond acceptors (Lipinski definition) is 4. The molecule has 2 aromatic heterocycles. The van der Waals surface area contributed by atoms with Crippen LogP contribution in [0.2, 0.25) is 0 Å². The molecule has 4 heterocycles. The lowest BCUT2D eigenvalue weighted by Crippen LogP contribution is -2.45. The van der Waals surface area contributed by atoms with Crippen molar-refractivity contribution < 1.29 is 4.79 Å². The number of anilines is 1. The molecule has 2 saturated heterocycles. The first kappa shape index (κ1) is 10.9. The molecule has 0 aliphatic carbocycles. The van der Waals surface area contributed by atoms with E-state index in [0.717, 1.165) is 30.4 Å². The minimum absolute atomic E-state index is 0.125. The molecule has 0 aromatic carbocycles. The number of piperidine rings is 1. The van der Waals surface area contributed by atoms with Crippen LogP contribution in [0.25, 0.3) is 11.0 Å². The summed E-state index contributed by atoms with van der Waals surface area (Å²) in [4.78, 5) is 24.1. The molecule has 4 rings (SSSR count). The molecule has 2 aromatic rings. The Bertz CT molecular complexity index is 651. The molecule has 2 aliphatic rings. The van der Waals surface area contributed by atoms with E-state index in [1.54, 1.807) is 5.01 Å². The molecule has 0 radical (unpaired) electrons. The number of amides is 1. The first-order chi connectivity index (χ1) is 9.25. The van der Waals surface area contributed by atoms with Gasteiger partial charge in [-0.25, -0.2) is 20.0 Å². The third-order valence-corrected chi connectivity index (χ3v) is 4.20. The minimum Gasteiger partial charge on any atom is -0.346 e. The Morgan fingerprint density at radius 2 is 2.26 bits per heavy atom. The van der Waals surface area contributed by atoms with E-state index < -0.39 is 0 Å². The van der Waals surface area contributed by atoms with Gasteiger partial charge in [-0.1, -0.05) is 0 Å². The monoisotopic (exact) mass is 257 g/mol. The van der Waals surface area contributed by atoms with Crippen LogP contribution in [-0.2, 0) is 4.79 Å². The highest BCUT2D eigenvalue weighted by Gasteiger charge is 2.45. The lowest BCUT2D eigenvalue weighted by Gasteiger charge is -2.33. The van der Waals surface area contributed by atoms with Crippen molar-refractivity contribution in [2.75, 3.05) is 11.6 Å². The zero-order chi connectivity index (χ0) is 13.0. The molecule has 6 heteroatoms. The summed E-state index contributed by atoms with van der Waals surface area (Å²) in [5.74, 6) is 0.998. The van der Waals surface area contributed by atoms with Gasteiger partial charge < -0.3 is 4.98 Å². The third kappa shape index (κ3) is 1.43. The van der Waals surface area contributed by atoms with Crippen molar-refractivity contribution in [2.45, 2.75) is 25.8 Å². The molecule has 0 saturated carbocycles. The van der Waals surface area contributed by atoms with Crippen LogP contribution in [0.4, 0.5) is 5.82 Å². The number of carbonyl (C=O) groups excluding carboxylic acids is 1. The van der Waals surface area contributed by atoms with Gasteiger partial charge in [-0.05, 0) is 25.8 Å². The molecule has 3 atom stereocenters. The standard InChI is InChI=1S/C13H15N5O/c1-8-2-3-9-6-17(8)18(13(9)19)12-10-4-5-14-11(10)15-7-16-12/h4-5,7-9H,2-3,6H2,1H3,(H,14,15,16). The van der Waals surface area contributed by atoms with Gasteiger partial charge >= 0.3 is 0 Å². The van der Waals surface area contributed by atoms with Gasteiger partial charge in [0.25, 0.3) is 0 Å². The summed E-state index contributed by atoms with van der Waals surface area (Å²) < 4.78 is 0. The average molecular weight is 257 g/mol. The number of rotatable bonds is 1. The Hall–Kier alpha value is -1.95. The van der Waals surface area contributed by atoms with Crippen LogP contribution in [0, 0.1) is 5.92 Å².